The number of carboxylic acid groups (broad SMARTS) is 1. The number of benzene rings is 2. The largest absolute Gasteiger partial charge is 0.478 e. The number of rotatable bonds is 7. The van der Waals surface area contributed by atoms with Crippen molar-refractivity contribution in [2.24, 2.45) is 0 Å². The van der Waals surface area contributed by atoms with Gasteiger partial charge in [-0.1, -0.05) is 55.3 Å². The molecule has 0 saturated heterocycles. The highest BCUT2D eigenvalue weighted by Gasteiger charge is 2.00. The molecule has 0 bridgehead atoms. The van der Waals surface area contributed by atoms with Crippen LogP contribution in [0, 0.1) is 6.92 Å². The number of carbonyl (C=O) groups is 2. The maximum absolute atomic E-state index is 10.5. The van der Waals surface area contributed by atoms with Crippen molar-refractivity contribution >= 4 is 12.4 Å². The summed E-state index contributed by atoms with van der Waals surface area (Å²) in [6.45, 7) is 4.78. The molecule has 2 N–H and O–H groups in total. The molecule has 0 unspecified atom stereocenters. The van der Waals surface area contributed by atoms with Crippen molar-refractivity contribution < 1.29 is 14.7 Å². The van der Waals surface area contributed by atoms with Gasteiger partial charge in [0.25, 0.3) is 0 Å². The Labute approximate surface area is 143 Å². The van der Waals surface area contributed by atoms with Crippen LogP contribution in [0.5, 0.6) is 0 Å². The molecule has 0 fully saturated rings. The second-order valence-corrected chi connectivity index (χ2v) is 5.59. The standard InChI is InChI=1S/C11H16.C9H9NO3/c1-3-4-5-11-8-6-10(2)7-9-11;11-6-10-5-7-1-3-8(4-2-7)9(12)13/h6-9H,3-5H2,1-2H3;1-4,6H,5H2,(H,10,11)(H,12,13). The van der Waals surface area contributed by atoms with Crippen molar-refractivity contribution in [3.05, 3.63) is 70.8 Å². The lowest BCUT2D eigenvalue weighted by Gasteiger charge is -1.99. The number of aryl methyl sites for hydroxylation is 2. The van der Waals surface area contributed by atoms with E-state index in [4.69, 9.17) is 5.11 Å². The summed E-state index contributed by atoms with van der Waals surface area (Å²) in [6.07, 6.45) is 4.43. The van der Waals surface area contributed by atoms with E-state index in [0.29, 0.717) is 13.0 Å². The van der Waals surface area contributed by atoms with Gasteiger partial charge < -0.3 is 10.4 Å². The van der Waals surface area contributed by atoms with Gasteiger partial charge in [0.15, 0.2) is 0 Å². The van der Waals surface area contributed by atoms with E-state index in [1.165, 1.54) is 42.5 Å². The van der Waals surface area contributed by atoms with Crippen LogP contribution in [0.2, 0.25) is 0 Å². The second-order valence-electron chi connectivity index (χ2n) is 5.59. The Morgan fingerprint density at radius 1 is 1.04 bits per heavy atom. The summed E-state index contributed by atoms with van der Waals surface area (Å²) in [6, 6.07) is 15.2. The van der Waals surface area contributed by atoms with E-state index in [1.54, 1.807) is 12.1 Å². The van der Waals surface area contributed by atoms with Crippen LogP contribution in [0.15, 0.2) is 48.5 Å². The number of nitrogens with one attached hydrogen (secondary N) is 1. The molecule has 0 saturated carbocycles. The highest BCUT2D eigenvalue weighted by Crippen LogP contribution is 2.06. The fourth-order valence-electron chi connectivity index (χ4n) is 2.06. The van der Waals surface area contributed by atoms with E-state index in [0.717, 1.165) is 5.56 Å². The molecule has 0 spiro atoms. The fraction of sp³-hybridized carbons (Fsp3) is 0.300. The van der Waals surface area contributed by atoms with Gasteiger partial charge in [-0.05, 0) is 43.0 Å². The number of hydrogen-bond donors (Lipinski definition) is 2. The molecule has 0 radical (unpaired) electrons. The highest BCUT2D eigenvalue weighted by atomic mass is 16.4. The first-order valence-electron chi connectivity index (χ1n) is 8.11. The van der Waals surface area contributed by atoms with Gasteiger partial charge in [-0.15, -0.1) is 0 Å². The first-order chi connectivity index (χ1) is 11.6. The van der Waals surface area contributed by atoms with Crippen molar-refractivity contribution in [2.75, 3.05) is 0 Å². The average molecular weight is 327 g/mol. The Bertz CT molecular complexity index is 618. The van der Waals surface area contributed by atoms with Crippen molar-refractivity contribution in [2.45, 2.75) is 39.7 Å². The number of unbranched alkanes of at least 4 members (excludes halogenated alkanes) is 1. The van der Waals surface area contributed by atoms with Crippen molar-refractivity contribution in [3.8, 4) is 0 Å². The Morgan fingerprint density at radius 2 is 1.62 bits per heavy atom. The SMILES string of the molecule is CCCCc1ccc(C)cc1.O=CNCc1ccc(C(=O)O)cc1. The smallest absolute Gasteiger partial charge is 0.335 e. The summed E-state index contributed by atoms with van der Waals surface area (Å²) in [5.41, 5.74) is 3.94. The average Bonchev–Trinajstić information content (AvgIpc) is 2.60. The Balaban J connectivity index is 0.000000243. The maximum Gasteiger partial charge on any atom is 0.335 e. The third-order valence-electron chi connectivity index (χ3n) is 3.53. The fourth-order valence-corrected chi connectivity index (χ4v) is 2.06. The van der Waals surface area contributed by atoms with E-state index < -0.39 is 5.97 Å². The molecule has 2 aromatic rings. The van der Waals surface area contributed by atoms with Gasteiger partial charge >= 0.3 is 5.97 Å². The number of aromatic carboxylic acids is 1. The van der Waals surface area contributed by atoms with E-state index >= 15 is 0 Å². The summed E-state index contributed by atoms with van der Waals surface area (Å²) in [7, 11) is 0. The molecular formula is C20H25NO3. The van der Waals surface area contributed by atoms with Gasteiger partial charge in [-0.2, -0.15) is 0 Å². The predicted octanol–water partition coefficient (Wildman–Crippen LogP) is 3.97. The lowest BCUT2D eigenvalue weighted by Crippen LogP contribution is -2.09. The molecule has 4 nitrogen and oxygen atoms in total. The summed E-state index contributed by atoms with van der Waals surface area (Å²) >= 11 is 0. The first-order valence-corrected chi connectivity index (χ1v) is 8.11. The predicted molar refractivity (Wildman–Crippen MR) is 96.1 cm³/mol. The molecule has 2 aromatic carbocycles. The Kier molecular flexibility index (Phi) is 8.90. The van der Waals surface area contributed by atoms with Gasteiger partial charge in [-0.3, -0.25) is 4.79 Å². The van der Waals surface area contributed by atoms with Crippen LogP contribution in [0.4, 0.5) is 0 Å². The zero-order valence-electron chi connectivity index (χ0n) is 14.3. The van der Waals surface area contributed by atoms with E-state index in [9.17, 15) is 9.59 Å². The number of carboxylic acids is 1. The van der Waals surface area contributed by atoms with Crippen LogP contribution in [0.25, 0.3) is 0 Å². The molecule has 1 amide bonds. The minimum Gasteiger partial charge on any atom is -0.478 e. The minimum atomic E-state index is -0.949. The van der Waals surface area contributed by atoms with Gasteiger partial charge in [0, 0.05) is 6.54 Å². The number of hydrogen-bond acceptors (Lipinski definition) is 2. The van der Waals surface area contributed by atoms with E-state index in [-0.39, 0.29) is 5.56 Å². The molecule has 0 aliphatic carbocycles. The van der Waals surface area contributed by atoms with Crippen LogP contribution in [-0.4, -0.2) is 17.5 Å². The van der Waals surface area contributed by atoms with Crippen LogP contribution < -0.4 is 5.32 Å². The highest BCUT2D eigenvalue weighted by molar-refractivity contribution is 5.87. The normalized spacial score (nSPS) is 9.58. The van der Waals surface area contributed by atoms with Gasteiger partial charge in [-0.25, -0.2) is 4.79 Å². The Hall–Kier alpha value is -2.62. The first kappa shape index (κ1) is 19.4. The number of carbonyl (C=O) groups excluding carboxylic acids is 1. The number of amides is 1. The van der Waals surface area contributed by atoms with E-state index in [1.807, 2.05) is 0 Å². The molecule has 4 heteroatoms. The summed E-state index contributed by atoms with van der Waals surface area (Å²) in [5, 5.41) is 11.1. The third kappa shape index (κ3) is 7.58. The van der Waals surface area contributed by atoms with Crippen LogP contribution in [0.3, 0.4) is 0 Å². The van der Waals surface area contributed by atoms with Gasteiger partial charge in [0.1, 0.15) is 0 Å². The van der Waals surface area contributed by atoms with E-state index in [2.05, 4.69) is 43.4 Å². The molecule has 128 valence electrons. The molecule has 0 aliphatic heterocycles. The molecule has 0 aliphatic rings. The lowest BCUT2D eigenvalue weighted by molar-refractivity contribution is -0.109. The molecule has 0 heterocycles. The molecule has 0 atom stereocenters. The van der Waals surface area contributed by atoms with Crippen molar-refractivity contribution in [1.29, 1.82) is 0 Å². The summed E-state index contributed by atoms with van der Waals surface area (Å²) in [4.78, 5) is 20.4. The Morgan fingerprint density at radius 3 is 2.12 bits per heavy atom. The summed E-state index contributed by atoms with van der Waals surface area (Å²) in [5.74, 6) is -0.949. The monoisotopic (exact) mass is 327 g/mol. The quantitative estimate of drug-likeness (QED) is 0.756. The lowest BCUT2D eigenvalue weighted by atomic mass is 10.1. The van der Waals surface area contributed by atoms with Crippen LogP contribution in [-0.2, 0) is 17.8 Å². The van der Waals surface area contributed by atoms with Crippen molar-refractivity contribution in [3.63, 3.8) is 0 Å². The zero-order chi connectivity index (χ0) is 17.8. The topological polar surface area (TPSA) is 66.4 Å². The van der Waals surface area contributed by atoms with Gasteiger partial charge in [0.2, 0.25) is 6.41 Å². The molecule has 24 heavy (non-hydrogen) atoms. The molecule has 0 aromatic heterocycles. The zero-order valence-corrected chi connectivity index (χ0v) is 14.3. The second kappa shape index (κ2) is 11.0. The third-order valence-corrected chi connectivity index (χ3v) is 3.53. The van der Waals surface area contributed by atoms with Crippen molar-refractivity contribution in [1.82, 2.24) is 5.32 Å². The maximum atomic E-state index is 10.5. The molecule has 2 rings (SSSR count). The van der Waals surface area contributed by atoms with Crippen LogP contribution >= 0.6 is 0 Å². The summed E-state index contributed by atoms with van der Waals surface area (Å²) < 4.78 is 0. The van der Waals surface area contributed by atoms with Crippen LogP contribution in [0.1, 0.15) is 46.8 Å². The minimum absolute atomic E-state index is 0.245. The van der Waals surface area contributed by atoms with Gasteiger partial charge in [0.05, 0.1) is 5.56 Å². The molecular weight excluding hydrogens is 302 g/mol.